The zero-order valence-corrected chi connectivity index (χ0v) is 22.3. The van der Waals surface area contributed by atoms with Crippen LogP contribution in [0.2, 0.25) is 10.0 Å². The predicted octanol–water partition coefficient (Wildman–Crippen LogP) is 6.24. The number of halogens is 3. The van der Waals surface area contributed by atoms with Crippen LogP contribution in [0.25, 0.3) is 0 Å². The Hall–Kier alpha value is -3.50. The van der Waals surface area contributed by atoms with Gasteiger partial charge in [0.1, 0.15) is 5.82 Å². The maximum absolute atomic E-state index is 13.6. The van der Waals surface area contributed by atoms with Crippen LogP contribution >= 0.6 is 23.2 Å². The molecule has 1 aromatic heterocycles. The molecule has 2 N–H and O–H groups in total. The standard InChI is InChI=1S/C27H23Cl2FN4O3S/c28-25-10-3-21(15-26(25)29)18-34(17-20-1-4-22(30)5-2-20)38(36,37)24-8-6-23(7-9-24)33-27(35)32-16-19-11-13-31-14-12-19/h1-15H,16-18H2,(H2,32,33,35). The van der Waals surface area contributed by atoms with Gasteiger partial charge in [-0.15, -0.1) is 0 Å². The van der Waals surface area contributed by atoms with Crippen molar-refractivity contribution in [3.8, 4) is 0 Å². The van der Waals surface area contributed by atoms with E-state index in [0.29, 0.717) is 33.4 Å². The van der Waals surface area contributed by atoms with Crippen molar-refractivity contribution < 1.29 is 17.6 Å². The first-order chi connectivity index (χ1) is 18.2. The molecule has 0 unspecified atom stereocenters. The first-order valence-corrected chi connectivity index (χ1v) is 13.6. The Balaban J connectivity index is 1.51. The average molecular weight is 573 g/mol. The number of benzene rings is 3. The Morgan fingerprint density at radius 3 is 2.11 bits per heavy atom. The molecule has 0 bridgehead atoms. The van der Waals surface area contributed by atoms with Gasteiger partial charge in [-0.25, -0.2) is 17.6 Å². The maximum Gasteiger partial charge on any atom is 0.319 e. The molecule has 0 atom stereocenters. The van der Waals surface area contributed by atoms with Crippen LogP contribution in [0.1, 0.15) is 16.7 Å². The molecule has 4 aromatic rings. The van der Waals surface area contributed by atoms with Crippen molar-refractivity contribution in [2.24, 2.45) is 0 Å². The summed E-state index contributed by atoms with van der Waals surface area (Å²) in [6.45, 7) is 0.322. The summed E-state index contributed by atoms with van der Waals surface area (Å²) in [4.78, 5) is 16.2. The molecule has 3 aromatic carbocycles. The quantitative estimate of drug-likeness (QED) is 0.248. The van der Waals surface area contributed by atoms with Crippen LogP contribution < -0.4 is 10.6 Å². The summed E-state index contributed by atoms with van der Waals surface area (Å²) in [5.74, 6) is -0.416. The number of aromatic nitrogens is 1. The molecule has 11 heteroatoms. The number of carbonyl (C=O) groups excluding carboxylic acids is 1. The van der Waals surface area contributed by atoms with Crippen molar-refractivity contribution in [3.63, 3.8) is 0 Å². The van der Waals surface area contributed by atoms with Gasteiger partial charge in [0.2, 0.25) is 10.0 Å². The summed E-state index contributed by atoms with van der Waals surface area (Å²) < 4.78 is 42.0. The lowest BCUT2D eigenvalue weighted by molar-refractivity contribution is 0.251. The fourth-order valence-corrected chi connectivity index (χ4v) is 5.32. The van der Waals surface area contributed by atoms with Gasteiger partial charge in [0, 0.05) is 37.7 Å². The summed E-state index contributed by atoms with van der Waals surface area (Å²) in [6.07, 6.45) is 3.27. The minimum absolute atomic E-state index is 0.000270. The van der Waals surface area contributed by atoms with Gasteiger partial charge in [0.05, 0.1) is 14.9 Å². The van der Waals surface area contributed by atoms with Crippen molar-refractivity contribution >= 4 is 44.9 Å². The molecule has 7 nitrogen and oxygen atoms in total. The summed E-state index contributed by atoms with van der Waals surface area (Å²) in [5, 5.41) is 6.07. The van der Waals surface area contributed by atoms with Crippen LogP contribution in [0.15, 0.2) is 96.2 Å². The molecule has 4 rings (SSSR count). The molecular weight excluding hydrogens is 550 g/mol. The van der Waals surface area contributed by atoms with Gasteiger partial charge in [-0.05, 0) is 77.4 Å². The number of sulfonamides is 1. The molecule has 0 aliphatic rings. The summed E-state index contributed by atoms with van der Waals surface area (Å²) in [6, 6.07) is 19.5. The zero-order valence-electron chi connectivity index (χ0n) is 19.9. The fourth-order valence-electron chi connectivity index (χ4n) is 3.58. The lowest BCUT2D eigenvalue weighted by Gasteiger charge is -2.23. The third-order valence-corrected chi connectivity index (χ3v) is 8.11. The van der Waals surface area contributed by atoms with E-state index in [1.807, 2.05) is 0 Å². The second-order valence-corrected chi connectivity index (χ2v) is 11.1. The molecule has 38 heavy (non-hydrogen) atoms. The van der Waals surface area contributed by atoms with Crippen LogP contribution in [-0.2, 0) is 29.7 Å². The summed E-state index contributed by atoms with van der Waals surface area (Å²) in [7, 11) is -3.99. The smallest absolute Gasteiger partial charge is 0.319 e. The summed E-state index contributed by atoms with van der Waals surface area (Å²) in [5.41, 5.74) is 2.55. The molecule has 2 amide bonds. The van der Waals surface area contributed by atoms with E-state index in [1.165, 1.54) is 52.8 Å². The summed E-state index contributed by atoms with van der Waals surface area (Å²) >= 11 is 12.2. The molecular formula is C27H23Cl2FN4O3S. The van der Waals surface area contributed by atoms with E-state index in [2.05, 4.69) is 15.6 Å². The SMILES string of the molecule is O=C(NCc1ccncc1)Nc1ccc(S(=O)(=O)N(Cc2ccc(F)cc2)Cc2ccc(Cl)c(Cl)c2)cc1. The van der Waals surface area contributed by atoms with E-state index in [-0.39, 0.29) is 18.0 Å². The predicted molar refractivity (Wildman–Crippen MR) is 146 cm³/mol. The normalized spacial score (nSPS) is 11.4. The molecule has 0 aliphatic heterocycles. The van der Waals surface area contributed by atoms with Crippen LogP contribution in [0.3, 0.4) is 0 Å². The second-order valence-electron chi connectivity index (χ2n) is 8.34. The van der Waals surface area contributed by atoms with Crippen molar-refractivity contribution in [1.82, 2.24) is 14.6 Å². The van der Waals surface area contributed by atoms with Gasteiger partial charge in [-0.2, -0.15) is 4.31 Å². The maximum atomic E-state index is 13.6. The lowest BCUT2D eigenvalue weighted by atomic mass is 10.2. The van der Waals surface area contributed by atoms with Gasteiger partial charge >= 0.3 is 6.03 Å². The number of amides is 2. The highest BCUT2D eigenvalue weighted by Crippen LogP contribution is 2.27. The number of nitrogens with one attached hydrogen (secondary N) is 2. The Morgan fingerprint density at radius 2 is 1.45 bits per heavy atom. The first kappa shape index (κ1) is 27.5. The molecule has 0 radical (unpaired) electrons. The number of carbonyl (C=O) groups is 1. The number of pyridine rings is 1. The van der Waals surface area contributed by atoms with Crippen LogP contribution in [0.4, 0.5) is 14.9 Å². The van der Waals surface area contributed by atoms with Gasteiger partial charge in [-0.1, -0.05) is 41.4 Å². The fraction of sp³-hybridized carbons (Fsp3) is 0.111. The van der Waals surface area contributed by atoms with Crippen LogP contribution in [0.5, 0.6) is 0 Å². The highest BCUT2D eigenvalue weighted by atomic mass is 35.5. The van der Waals surface area contributed by atoms with E-state index < -0.39 is 21.9 Å². The molecule has 0 saturated heterocycles. The highest BCUT2D eigenvalue weighted by Gasteiger charge is 2.25. The number of hydrogen-bond donors (Lipinski definition) is 2. The van der Waals surface area contributed by atoms with Crippen molar-refractivity contribution in [3.05, 3.63) is 124 Å². The number of hydrogen-bond acceptors (Lipinski definition) is 4. The van der Waals surface area contributed by atoms with E-state index >= 15 is 0 Å². The lowest BCUT2D eigenvalue weighted by Crippen LogP contribution is -2.30. The van der Waals surface area contributed by atoms with Gasteiger partial charge in [-0.3, -0.25) is 4.98 Å². The van der Waals surface area contributed by atoms with E-state index in [4.69, 9.17) is 23.2 Å². The minimum Gasteiger partial charge on any atom is -0.334 e. The topological polar surface area (TPSA) is 91.4 Å². The Bertz CT molecular complexity index is 1500. The Labute approximate surface area is 230 Å². The number of nitrogens with zero attached hydrogens (tertiary/aromatic N) is 2. The monoisotopic (exact) mass is 572 g/mol. The average Bonchev–Trinajstić information content (AvgIpc) is 2.91. The molecule has 0 saturated carbocycles. The molecule has 0 spiro atoms. The van der Waals surface area contributed by atoms with Crippen molar-refractivity contribution in [1.29, 1.82) is 0 Å². The Morgan fingerprint density at radius 1 is 0.816 bits per heavy atom. The third kappa shape index (κ3) is 7.29. The van der Waals surface area contributed by atoms with Gasteiger partial charge in [0.25, 0.3) is 0 Å². The molecule has 0 fully saturated rings. The van der Waals surface area contributed by atoms with E-state index in [0.717, 1.165) is 5.56 Å². The number of urea groups is 1. The molecule has 1 heterocycles. The van der Waals surface area contributed by atoms with Crippen molar-refractivity contribution in [2.45, 2.75) is 24.5 Å². The minimum atomic E-state index is -3.99. The highest BCUT2D eigenvalue weighted by molar-refractivity contribution is 7.89. The second kappa shape index (κ2) is 12.4. The number of rotatable bonds is 9. The van der Waals surface area contributed by atoms with E-state index in [9.17, 15) is 17.6 Å². The van der Waals surface area contributed by atoms with Gasteiger partial charge < -0.3 is 10.6 Å². The van der Waals surface area contributed by atoms with Gasteiger partial charge in [0.15, 0.2) is 0 Å². The first-order valence-electron chi connectivity index (χ1n) is 11.4. The number of anilines is 1. The molecule has 0 aliphatic carbocycles. The molecule has 196 valence electrons. The van der Waals surface area contributed by atoms with Crippen LogP contribution in [-0.4, -0.2) is 23.7 Å². The van der Waals surface area contributed by atoms with E-state index in [1.54, 1.807) is 42.7 Å². The zero-order chi connectivity index (χ0) is 27.1. The third-order valence-electron chi connectivity index (χ3n) is 5.57. The largest absolute Gasteiger partial charge is 0.334 e. The Kier molecular flexibility index (Phi) is 8.96. The van der Waals surface area contributed by atoms with Crippen molar-refractivity contribution in [2.75, 3.05) is 5.32 Å². The van der Waals surface area contributed by atoms with Crippen LogP contribution in [0, 0.1) is 5.82 Å².